The Morgan fingerprint density at radius 2 is 2.07 bits per heavy atom. The van der Waals surface area contributed by atoms with Gasteiger partial charge in [0.1, 0.15) is 0 Å². The van der Waals surface area contributed by atoms with Crippen LogP contribution in [0.5, 0.6) is 0 Å². The monoisotopic (exact) mass is 437 g/mol. The first-order valence-electron chi connectivity index (χ1n) is 8.04. The van der Waals surface area contributed by atoms with Crippen LogP contribution in [0.2, 0.25) is 10.0 Å². The average Bonchev–Trinajstić information content (AvgIpc) is 3.26. The van der Waals surface area contributed by atoms with Crippen LogP contribution in [0.4, 0.5) is 0 Å². The van der Waals surface area contributed by atoms with Crippen LogP contribution < -0.4 is 5.56 Å². The molecule has 0 fully saturated rings. The van der Waals surface area contributed by atoms with Gasteiger partial charge in [-0.15, -0.1) is 21.5 Å². The molecule has 0 unspecified atom stereocenters. The molecule has 0 saturated carbocycles. The number of aromatic nitrogens is 5. The van der Waals surface area contributed by atoms with E-state index < -0.39 is 0 Å². The molecule has 10 heteroatoms. The van der Waals surface area contributed by atoms with Gasteiger partial charge in [0.05, 0.1) is 10.7 Å². The number of thioether (sulfide) groups is 1. The number of hydrogen-bond acceptors (Lipinski definition) is 6. The fourth-order valence-corrected chi connectivity index (χ4v) is 4.78. The van der Waals surface area contributed by atoms with Crippen molar-refractivity contribution in [3.63, 3.8) is 0 Å². The van der Waals surface area contributed by atoms with Crippen molar-refractivity contribution >= 4 is 51.3 Å². The average molecular weight is 438 g/mol. The summed E-state index contributed by atoms with van der Waals surface area (Å²) in [6, 6.07) is 6.85. The van der Waals surface area contributed by atoms with E-state index in [1.54, 1.807) is 24.4 Å². The second-order valence-electron chi connectivity index (χ2n) is 5.60. The second-order valence-corrected chi connectivity index (χ2v) is 8.26. The van der Waals surface area contributed by atoms with Crippen LogP contribution in [0.25, 0.3) is 16.3 Å². The van der Waals surface area contributed by atoms with Crippen molar-refractivity contribution in [3.8, 4) is 11.4 Å². The number of fused-ring (bicyclic) bond motifs is 1. The van der Waals surface area contributed by atoms with E-state index in [4.69, 9.17) is 23.2 Å². The third-order valence-electron chi connectivity index (χ3n) is 3.91. The highest BCUT2D eigenvalue weighted by Crippen LogP contribution is 2.32. The molecule has 0 radical (unpaired) electrons. The quantitative estimate of drug-likeness (QED) is 0.425. The highest BCUT2D eigenvalue weighted by molar-refractivity contribution is 7.98. The summed E-state index contributed by atoms with van der Waals surface area (Å²) in [6.45, 7) is 2.70. The summed E-state index contributed by atoms with van der Waals surface area (Å²) in [6.07, 6.45) is 1.72. The van der Waals surface area contributed by atoms with Gasteiger partial charge >= 0.3 is 0 Å². The predicted octanol–water partition coefficient (Wildman–Crippen LogP) is 4.63. The fourth-order valence-electron chi connectivity index (χ4n) is 2.65. The van der Waals surface area contributed by atoms with E-state index in [2.05, 4.69) is 15.2 Å². The van der Waals surface area contributed by atoms with Gasteiger partial charge in [0, 0.05) is 40.5 Å². The molecular weight excluding hydrogens is 425 g/mol. The van der Waals surface area contributed by atoms with Gasteiger partial charge < -0.3 is 4.57 Å². The molecule has 0 saturated heterocycles. The minimum Gasteiger partial charge on any atom is -0.302 e. The maximum Gasteiger partial charge on any atom is 0.258 e. The summed E-state index contributed by atoms with van der Waals surface area (Å²) in [5, 5.41) is 12.3. The molecule has 0 aliphatic heterocycles. The lowest BCUT2D eigenvalue weighted by molar-refractivity contribution is 0.687. The zero-order chi connectivity index (χ0) is 19.0. The molecular formula is C17H13Cl2N5OS2. The standard InChI is InChI=1S/C17H13Cl2N5OS2/c1-2-23-15(12-4-3-10(18)7-13(12)19)21-22-17(23)27-9-11-8-14(25)24-5-6-26-16(24)20-11/h3-8H,2,9H2,1H3. The van der Waals surface area contributed by atoms with E-state index >= 15 is 0 Å². The van der Waals surface area contributed by atoms with Crippen LogP contribution >= 0.6 is 46.3 Å². The molecule has 3 heterocycles. The first-order chi connectivity index (χ1) is 13.1. The summed E-state index contributed by atoms with van der Waals surface area (Å²) in [5.74, 6) is 1.21. The minimum atomic E-state index is -0.0811. The summed E-state index contributed by atoms with van der Waals surface area (Å²) in [7, 11) is 0. The van der Waals surface area contributed by atoms with Gasteiger partial charge in [-0.05, 0) is 25.1 Å². The molecule has 0 amide bonds. The summed E-state index contributed by atoms with van der Waals surface area (Å²) < 4.78 is 3.52. The highest BCUT2D eigenvalue weighted by atomic mass is 35.5. The Morgan fingerprint density at radius 3 is 2.85 bits per heavy atom. The van der Waals surface area contributed by atoms with Crippen LogP contribution in [-0.4, -0.2) is 24.1 Å². The molecule has 0 N–H and O–H groups in total. The molecule has 3 aromatic heterocycles. The van der Waals surface area contributed by atoms with Crippen LogP contribution in [0.3, 0.4) is 0 Å². The first kappa shape index (κ1) is 18.5. The Bertz CT molecular complexity index is 1180. The molecule has 0 aliphatic carbocycles. The smallest absolute Gasteiger partial charge is 0.258 e. The van der Waals surface area contributed by atoms with E-state index in [-0.39, 0.29) is 5.56 Å². The lowest BCUT2D eigenvalue weighted by Gasteiger charge is -2.08. The summed E-state index contributed by atoms with van der Waals surface area (Å²) >= 11 is 15.2. The maximum absolute atomic E-state index is 12.1. The van der Waals surface area contributed by atoms with Crippen molar-refractivity contribution in [1.29, 1.82) is 0 Å². The molecule has 0 bridgehead atoms. The van der Waals surface area contributed by atoms with Crippen LogP contribution in [0.15, 0.2) is 45.8 Å². The Balaban J connectivity index is 1.62. The first-order valence-corrected chi connectivity index (χ1v) is 10.7. The molecule has 1 aromatic carbocycles. The topological polar surface area (TPSA) is 65.1 Å². The summed E-state index contributed by atoms with van der Waals surface area (Å²) in [4.78, 5) is 17.3. The van der Waals surface area contributed by atoms with E-state index in [0.717, 1.165) is 10.7 Å². The van der Waals surface area contributed by atoms with Gasteiger partial charge in [-0.25, -0.2) is 4.98 Å². The van der Waals surface area contributed by atoms with Crippen molar-refractivity contribution in [2.75, 3.05) is 0 Å². The third kappa shape index (κ3) is 3.62. The van der Waals surface area contributed by atoms with Gasteiger partial charge in [-0.1, -0.05) is 35.0 Å². The van der Waals surface area contributed by atoms with Gasteiger partial charge in [-0.2, -0.15) is 0 Å². The van der Waals surface area contributed by atoms with Crippen molar-refractivity contribution in [1.82, 2.24) is 24.1 Å². The number of rotatable bonds is 5. The lowest BCUT2D eigenvalue weighted by atomic mass is 10.2. The fraction of sp³-hybridized carbons (Fsp3) is 0.176. The van der Waals surface area contributed by atoms with Crippen LogP contribution in [0.1, 0.15) is 12.6 Å². The van der Waals surface area contributed by atoms with Gasteiger partial charge in [-0.3, -0.25) is 9.20 Å². The molecule has 0 atom stereocenters. The summed E-state index contributed by atoms with van der Waals surface area (Å²) in [5.41, 5.74) is 1.41. The minimum absolute atomic E-state index is 0.0811. The van der Waals surface area contributed by atoms with Gasteiger partial charge in [0.25, 0.3) is 5.56 Å². The maximum atomic E-state index is 12.1. The molecule has 6 nitrogen and oxygen atoms in total. The largest absolute Gasteiger partial charge is 0.302 e. The van der Waals surface area contributed by atoms with Crippen LogP contribution in [-0.2, 0) is 12.3 Å². The van der Waals surface area contributed by atoms with Gasteiger partial charge in [0.15, 0.2) is 15.9 Å². The lowest BCUT2D eigenvalue weighted by Crippen LogP contribution is -2.12. The Morgan fingerprint density at radius 1 is 1.22 bits per heavy atom. The SMILES string of the molecule is CCn1c(SCc2cc(=O)n3ccsc3n2)nnc1-c1ccc(Cl)cc1Cl. The zero-order valence-corrected chi connectivity index (χ0v) is 17.2. The molecule has 0 aliphatic rings. The number of halogens is 2. The highest BCUT2D eigenvalue weighted by Gasteiger charge is 2.16. The second kappa shape index (κ2) is 7.63. The molecule has 0 spiro atoms. The third-order valence-corrected chi connectivity index (χ3v) is 6.22. The molecule has 138 valence electrons. The van der Waals surface area contributed by atoms with E-state index in [9.17, 15) is 4.79 Å². The normalized spacial score (nSPS) is 11.4. The zero-order valence-electron chi connectivity index (χ0n) is 14.1. The van der Waals surface area contributed by atoms with E-state index in [1.807, 2.05) is 22.9 Å². The van der Waals surface area contributed by atoms with Crippen molar-refractivity contribution in [2.24, 2.45) is 0 Å². The molecule has 4 aromatic rings. The van der Waals surface area contributed by atoms with Crippen molar-refractivity contribution < 1.29 is 0 Å². The van der Waals surface area contributed by atoms with Crippen molar-refractivity contribution in [3.05, 3.63) is 61.9 Å². The Kier molecular flexibility index (Phi) is 5.23. The number of hydrogen-bond donors (Lipinski definition) is 0. The number of nitrogens with zero attached hydrogens (tertiary/aromatic N) is 5. The van der Waals surface area contributed by atoms with E-state index in [1.165, 1.54) is 27.5 Å². The predicted molar refractivity (Wildman–Crippen MR) is 110 cm³/mol. The van der Waals surface area contributed by atoms with E-state index in [0.29, 0.717) is 38.8 Å². The van der Waals surface area contributed by atoms with Crippen LogP contribution in [0, 0.1) is 0 Å². The van der Waals surface area contributed by atoms with Crippen molar-refractivity contribution in [2.45, 2.75) is 24.4 Å². The Hall–Kier alpha value is -1.87. The molecule has 27 heavy (non-hydrogen) atoms. The van der Waals surface area contributed by atoms with Gasteiger partial charge in [0.2, 0.25) is 0 Å². The Labute approximate surface area is 172 Å². The number of thiazole rings is 1. The molecule has 4 rings (SSSR count). The number of benzene rings is 1.